The summed E-state index contributed by atoms with van der Waals surface area (Å²) in [4.78, 5) is 0. The van der Waals surface area contributed by atoms with E-state index in [2.05, 4.69) is 41.9 Å². The Balaban J connectivity index is 2.57. The van der Waals surface area contributed by atoms with Crippen LogP contribution in [0.3, 0.4) is 0 Å². The summed E-state index contributed by atoms with van der Waals surface area (Å²) in [6, 6.07) is 2.78. The van der Waals surface area contributed by atoms with Gasteiger partial charge in [0, 0.05) is 37.9 Å². The van der Waals surface area contributed by atoms with Gasteiger partial charge in [0.15, 0.2) is 0 Å². The zero-order valence-corrected chi connectivity index (χ0v) is 13.6. The van der Waals surface area contributed by atoms with E-state index in [1.165, 1.54) is 11.4 Å². The highest BCUT2D eigenvalue weighted by Crippen LogP contribution is 2.11. The number of hydrogen-bond donors (Lipinski definition) is 1. The molecular weight excluding hydrogens is 250 g/mol. The lowest BCUT2D eigenvalue weighted by Gasteiger charge is -2.18. The third-order valence-electron chi connectivity index (χ3n) is 3.57. The Hall–Kier alpha value is -0.870. The Morgan fingerprint density at radius 1 is 1.30 bits per heavy atom. The fraction of sp³-hybridized carbons (Fsp3) is 0.812. The summed E-state index contributed by atoms with van der Waals surface area (Å²) in [5.41, 5.74) is 2.55. The first kappa shape index (κ1) is 17.2. The predicted octanol–water partition coefficient (Wildman–Crippen LogP) is 2.80. The number of hydrogen-bond acceptors (Lipinski definition) is 3. The number of likely N-dealkylation sites (N-methyl/N-ethyl adjacent to an activating group) is 1. The van der Waals surface area contributed by atoms with Crippen LogP contribution in [0.2, 0.25) is 0 Å². The van der Waals surface area contributed by atoms with E-state index >= 15 is 0 Å². The van der Waals surface area contributed by atoms with Crippen LogP contribution in [0, 0.1) is 0 Å². The lowest BCUT2D eigenvalue weighted by atomic mass is 10.1. The quantitative estimate of drug-likeness (QED) is 0.634. The number of aromatic nitrogens is 2. The van der Waals surface area contributed by atoms with E-state index in [-0.39, 0.29) is 0 Å². The van der Waals surface area contributed by atoms with E-state index in [4.69, 9.17) is 4.74 Å². The molecule has 1 N–H and O–H groups in total. The van der Waals surface area contributed by atoms with Gasteiger partial charge in [0.25, 0.3) is 0 Å². The van der Waals surface area contributed by atoms with Crippen molar-refractivity contribution in [2.75, 3.05) is 19.8 Å². The standard InChI is InChI=1S/C16H31N3O/c1-5-14-12-16(19(7-3)18-14)13-15(17-6-2)10-9-11-20-8-4/h12,15,17H,5-11,13H2,1-4H3. The molecule has 0 aliphatic carbocycles. The third-order valence-corrected chi connectivity index (χ3v) is 3.57. The molecule has 0 amide bonds. The summed E-state index contributed by atoms with van der Waals surface area (Å²) in [7, 11) is 0. The van der Waals surface area contributed by atoms with Crippen molar-refractivity contribution in [3.05, 3.63) is 17.5 Å². The molecule has 0 fully saturated rings. The van der Waals surface area contributed by atoms with Gasteiger partial charge in [-0.25, -0.2) is 0 Å². The van der Waals surface area contributed by atoms with Crippen LogP contribution >= 0.6 is 0 Å². The normalized spacial score (nSPS) is 12.8. The summed E-state index contributed by atoms with van der Waals surface area (Å²) in [5.74, 6) is 0. The van der Waals surface area contributed by atoms with Gasteiger partial charge >= 0.3 is 0 Å². The monoisotopic (exact) mass is 281 g/mol. The molecule has 1 atom stereocenters. The van der Waals surface area contributed by atoms with Crippen LogP contribution < -0.4 is 5.32 Å². The van der Waals surface area contributed by atoms with Gasteiger partial charge in [0.2, 0.25) is 0 Å². The zero-order valence-electron chi connectivity index (χ0n) is 13.6. The largest absolute Gasteiger partial charge is 0.382 e. The molecule has 0 saturated carbocycles. The first-order valence-electron chi connectivity index (χ1n) is 8.11. The maximum Gasteiger partial charge on any atom is 0.0624 e. The van der Waals surface area contributed by atoms with Gasteiger partial charge in [0.05, 0.1) is 5.69 Å². The third kappa shape index (κ3) is 5.63. The van der Waals surface area contributed by atoms with Crippen LogP contribution in [0.5, 0.6) is 0 Å². The first-order chi connectivity index (χ1) is 9.74. The molecule has 0 aromatic carbocycles. The van der Waals surface area contributed by atoms with E-state index in [1.54, 1.807) is 0 Å². The van der Waals surface area contributed by atoms with Gasteiger partial charge in [0.1, 0.15) is 0 Å². The molecule has 0 spiro atoms. The van der Waals surface area contributed by atoms with Gasteiger partial charge < -0.3 is 10.1 Å². The summed E-state index contributed by atoms with van der Waals surface area (Å²) >= 11 is 0. The van der Waals surface area contributed by atoms with Crippen molar-refractivity contribution < 1.29 is 4.74 Å². The maximum atomic E-state index is 5.43. The second-order valence-corrected chi connectivity index (χ2v) is 5.09. The van der Waals surface area contributed by atoms with E-state index < -0.39 is 0 Å². The zero-order chi connectivity index (χ0) is 14.8. The van der Waals surface area contributed by atoms with Crippen molar-refractivity contribution in [1.29, 1.82) is 0 Å². The molecule has 0 aliphatic rings. The second kappa shape index (κ2) is 9.94. The molecule has 4 nitrogen and oxygen atoms in total. The number of nitrogens with one attached hydrogen (secondary N) is 1. The minimum Gasteiger partial charge on any atom is -0.382 e. The summed E-state index contributed by atoms with van der Waals surface area (Å²) < 4.78 is 7.58. The van der Waals surface area contributed by atoms with E-state index in [9.17, 15) is 0 Å². The average Bonchev–Trinajstić information content (AvgIpc) is 2.86. The van der Waals surface area contributed by atoms with E-state index in [1.807, 2.05) is 6.92 Å². The van der Waals surface area contributed by atoms with Crippen LogP contribution in [0.4, 0.5) is 0 Å². The van der Waals surface area contributed by atoms with Gasteiger partial charge in [-0.05, 0) is 45.7 Å². The highest BCUT2D eigenvalue weighted by atomic mass is 16.5. The van der Waals surface area contributed by atoms with E-state index in [0.29, 0.717) is 6.04 Å². The van der Waals surface area contributed by atoms with Crippen LogP contribution in [0.1, 0.15) is 51.9 Å². The number of ether oxygens (including phenoxy) is 1. The molecule has 0 aliphatic heterocycles. The Kier molecular flexibility index (Phi) is 8.54. The molecule has 1 unspecified atom stereocenters. The Bertz CT molecular complexity index is 363. The molecule has 0 radical (unpaired) electrons. The average molecular weight is 281 g/mol. The first-order valence-corrected chi connectivity index (χ1v) is 8.11. The van der Waals surface area contributed by atoms with Crippen molar-refractivity contribution >= 4 is 0 Å². The van der Waals surface area contributed by atoms with Crippen LogP contribution in [-0.2, 0) is 24.1 Å². The topological polar surface area (TPSA) is 39.1 Å². The molecule has 20 heavy (non-hydrogen) atoms. The molecule has 0 bridgehead atoms. The SMILES string of the molecule is CCNC(CCCOCC)Cc1cc(CC)nn1CC. The van der Waals surface area contributed by atoms with Crippen molar-refractivity contribution in [1.82, 2.24) is 15.1 Å². The number of aryl methyl sites for hydroxylation is 2. The highest BCUT2D eigenvalue weighted by Gasteiger charge is 2.13. The molecule has 116 valence electrons. The molecular formula is C16H31N3O. The summed E-state index contributed by atoms with van der Waals surface area (Å²) in [6.07, 6.45) is 4.34. The fourth-order valence-corrected chi connectivity index (χ4v) is 2.52. The smallest absolute Gasteiger partial charge is 0.0624 e. The molecule has 1 aromatic rings. The van der Waals surface area contributed by atoms with E-state index in [0.717, 1.165) is 52.0 Å². The second-order valence-electron chi connectivity index (χ2n) is 5.09. The lowest BCUT2D eigenvalue weighted by molar-refractivity contribution is 0.140. The van der Waals surface area contributed by atoms with Gasteiger partial charge in [-0.15, -0.1) is 0 Å². The summed E-state index contributed by atoms with van der Waals surface area (Å²) in [6.45, 7) is 12.2. The molecule has 1 heterocycles. The Labute approximate surface area is 123 Å². The predicted molar refractivity (Wildman–Crippen MR) is 84.2 cm³/mol. The lowest BCUT2D eigenvalue weighted by Crippen LogP contribution is -2.32. The van der Waals surface area contributed by atoms with Crippen LogP contribution in [0.25, 0.3) is 0 Å². The van der Waals surface area contributed by atoms with Gasteiger partial charge in [-0.1, -0.05) is 13.8 Å². The van der Waals surface area contributed by atoms with Crippen molar-refractivity contribution in [2.45, 2.75) is 66.0 Å². The number of nitrogens with zero attached hydrogens (tertiary/aromatic N) is 2. The molecule has 4 heteroatoms. The Morgan fingerprint density at radius 2 is 2.10 bits per heavy atom. The van der Waals surface area contributed by atoms with Crippen molar-refractivity contribution in [3.8, 4) is 0 Å². The highest BCUT2D eigenvalue weighted by molar-refractivity contribution is 5.12. The molecule has 1 aromatic heterocycles. The van der Waals surface area contributed by atoms with Gasteiger partial charge in [-0.3, -0.25) is 4.68 Å². The summed E-state index contributed by atoms with van der Waals surface area (Å²) in [5, 5.41) is 8.22. The minimum atomic E-state index is 0.521. The Morgan fingerprint density at radius 3 is 2.70 bits per heavy atom. The van der Waals surface area contributed by atoms with Crippen LogP contribution in [0.15, 0.2) is 6.07 Å². The number of rotatable bonds is 11. The molecule has 1 rings (SSSR count). The van der Waals surface area contributed by atoms with Gasteiger partial charge in [-0.2, -0.15) is 5.10 Å². The fourth-order valence-electron chi connectivity index (χ4n) is 2.52. The van der Waals surface area contributed by atoms with Crippen LogP contribution in [-0.4, -0.2) is 35.6 Å². The maximum absolute atomic E-state index is 5.43. The minimum absolute atomic E-state index is 0.521. The van der Waals surface area contributed by atoms with Crippen molar-refractivity contribution in [2.24, 2.45) is 0 Å². The van der Waals surface area contributed by atoms with Crippen molar-refractivity contribution in [3.63, 3.8) is 0 Å². The molecule has 0 saturated heterocycles.